The number of ether oxygens (including phenoxy) is 2. The average molecular weight is 392 g/mol. The van der Waals surface area contributed by atoms with Gasteiger partial charge in [0, 0.05) is 12.8 Å². The Kier molecular flexibility index (Phi) is 6.29. The third kappa shape index (κ3) is 4.18. The Balaban J connectivity index is 2.10. The van der Waals surface area contributed by atoms with Crippen LogP contribution < -0.4 is 0 Å². The first-order valence-electron chi connectivity index (χ1n) is 7.48. The van der Waals surface area contributed by atoms with Crippen LogP contribution in [-0.4, -0.2) is 35.7 Å². The molecule has 4 nitrogen and oxygen atoms in total. The predicted molar refractivity (Wildman–Crippen MR) is 87.9 cm³/mol. The van der Waals surface area contributed by atoms with Crippen LogP contribution in [-0.2, 0) is 16.0 Å². The first kappa shape index (κ1) is 16.2. The van der Waals surface area contributed by atoms with Crippen molar-refractivity contribution in [1.82, 2.24) is 9.78 Å². The molecule has 114 valence electrons. The molecule has 0 N–H and O–H groups in total. The SMILES string of the molecule is COCCOC1(Cn2ncc(I)c2C)CCCCCC1. The fraction of sp³-hybridized carbons (Fsp3) is 0.800. The van der Waals surface area contributed by atoms with E-state index in [4.69, 9.17) is 9.47 Å². The van der Waals surface area contributed by atoms with Gasteiger partial charge in [0.05, 0.1) is 35.1 Å². The lowest BCUT2D eigenvalue weighted by Crippen LogP contribution is -2.38. The highest BCUT2D eigenvalue weighted by atomic mass is 127. The van der Waals surface area contributed by atoms with Crippen LogP contribution in [0.1, 0.15) is 44.2 Å². The minimum atomic E-state index is -0.0606. The molecule has 2 rings (SSSR count). The van der Waals surface area contributed by atoms with Crippen molar-refractivity contribution in [1.29, 1.82) is 0 Å². The molecule has 0 saturated heterocycles. The zero-order valence-electron chi connectivity index (χ0n) is 12.5. The molecule has 0 unspecified atom stereocenters. The van der Waals surface area contributed by atoms with E-state index in [9.17, 15) is 0 Å². The highest BCUT2D eigenvalue weighted by molar-refractivity contribution is 14.1. The molecule has 1 aromatic rings. The van der Waals surface area contributed by atoms with Gasteiger partial charge in [-0.15, -0.1) is 0 Å². The van der Waals surface area contributed by atoms with Crippen LogP contribution in [0.2, 0.25) is 0 Å². The molecule has 5 heteroatoms. The second-order valence-electron chi connectivity index (χ2n) is 5.67. The standard InChI is InChI=1S/C15H25IN2O2/c1-13-14(16)11-17-18(13)12-15(20-10-9-19-2)7-5-3-4-6-8-15/h11H,3-10,12H2,1-2H3. The molecular weight excluding hydrogens is 367 g/mol. The van der Waals surface area contributed by atoms with E-state index in [1.807, 2.05) is 6.20 Å². The minimum Gasteiger partial charge on any atom is -0.382 e. The maximum absolute atomic E-state index is 6.27. The fourth-order valence-electron chi connectivity index (χ4n) is 2.92. The zero-order valence-corrected chi connectivity index (χ0v) is 14.7. The first-order chi connectivity index (χ1) is 9.67. The second-order valence-corrected chi connectivity index (χ2v) is 6.84. The predicted octanol–water partition coefficient (Wildman–Crippen LogP) is 3.55. The summed E-state index contributed by atoms with van der Waals surface area (Å²) >= 11 is 2.34. The third-order valence-electron chi connectivity index (χ3n) is 4.19. The summed E-state index contributed by atoms with van der Waals surface area (Å²) in [6.45, 7) is 4.34. The molecule has 0 atom stereocenters. The van der Waals surface area contributed by atoms with Gasteiger partial charge in [0.15, 0.2) is 0 Å². The number of hydrogen-bond acceptors (Lipinski definition) is 3. The Labute approximate surface area is 135 Å². The Hall–Kier alpha value is -0.140. The van der Waals surface area contributed by atoms with Gasteiger partial charge < -0.3 is 9.47 Å². The van der Waals surface area contributed by atoms with Crippen LogP contribution in [0.3, 0.4) is 0 Å². The van der Waals surface area contributed by atoms with Gasteiger partial charge in [-0.1, -0.05) is 25.7 Å². The molecule has 0 aliphatic heterocycles. The molecular formula is C15H25IN2O2. The summed E-state index contributed by atoms with van der Waals surface area (Å²) in [4.78, 5) is 0. The molecule has 1 aliphatic carbocycles. The van der Waals surface area contributed by atoms with Crippen LogP contribution in [0.15, 0.2) is 6.20 Å². The first-order valence-corrected chi connectivity index (χ1v) is 8.55. The van der Waals surface area contributed by atoms with Gasteiger partial charge in [-0.3, -0.25) is 4.68 Å². The van der Waals surface area contributed by atoms with Crippen LogP contribution in [0.25, 0.3) is 0 Å². The van der Waals surface area contributed by atoms with Crippen molar-refractivity contribution < 1.29 is 9.47 Å². The summed E-state index contributed by atoms with van der Waals surface area (Å²) in [5.74, 6) is 0. The molecule has 0 aromatic carbocycles. The van der Waals surface area contributed by atoms with Crippen molar-refractivity contribution in [3.05, 3.63) is 15.5 Å². The summed E-state index contributed by atoms with van der Waals surface area (Å²) < 4.78 is 14.7. The summed E-state index contributed by atoms with van der Waals surface area (Å²) in [6.07, 6.45) is 9.36. The van der Waals surface area contributed by atoms with E-state index >= 15 is 0 Å². The van der Waals surface area contributed by atoms with Gasteiger partial charge in [-0.2, -0.15) is 5.10 Å². The lowest BCUT2D eigenvalue weighted by Gasteiger charge is -2.33. The van der Waals surface area contributed by atoms with Crippen molar-refractivity contribution in [2.45, 2.75) is 57.6 Å². The number of nitrogens with zero attached hydrogens (tertiary/aromatic N) is 2. The zero-order chi connectivity index (χ0) is 14.4. The van der Waals surface area contributed by atoms with Crippen LogP contribution in [0.4, 0.5) is 0 Å². The largest absolute Gasteiger partial charge is 0.382 e. The van der Waals surface area contributed by atoms with Gasteiger partial charge >= 0.3 is 0 Å². The van der Waals surface area contributed by atoms with Crippen molar-refractivity contribution >= 4 is 22.6 Å². The Morgan fingerprint density at radius 3 is 2.50 bits per heavy atom. The summed E-state index contributed by atoms with van der Waals surface area (Å²) in [5, 5.41) is 4.51. The third-order valence-corrected chi connectivity index (χ3v) is 5.25. The summed E-state index contributed by atoms with van der Waals surface area (Å²) in [5.41, 5.74) is 1.18. The van der Waals surface area contributed by atoms with E-state index in [1.165, 1.54) is 34.9 Å². The second kappa shape index (κ2) is 7.75. The maximum atomic E-state index is 6.27. The van der Waals surface area contributed by atoms with Gasteiger partial charge in [-0.25, -0.2) is 0 Å². The molecule has 0 spiro atoms. The lowest BCUT2D eigenvalue weighted by molar-refractivity contribution is -0.0842. The molecule has 1 saturated carbocycles. The van der Waals surface area contributed by atoms with Crippen molar-refractivity contribution in [3.8, 4) is 0 Å². The Morgan fingerprint density at radius 2 is 1.95 bits per heavy atom. The molecule has 1 fully saturated rings. The average Bonchev–Trinajstić information content (AvgIpc) is 2.66. The van der Waals surface area contributed by atoms with Gasteiger partial charge in [0.2, 0.25) is 0 Å². The quantitative estimate of drug-likeness (QED) is 0.422. The topological polar surface area (TPSA) is 36.3 Å². The van der Waals surface area contributed by atoms with E-state index < -0.39 is 0 Å². The van der Waals surface area contributed by atoms with E-state index in [0.717, 1.165) is 19.4 Å². The maximum Gasteiger partial charge on any atom is 0.0878 e. The molecule has 0 bridgehead atoms. The number of aromatic nitrogens is 2. The minimum absolute atomic E-state index is 0.0606. The number of hydrogen-bond donors (Lipinski definition) is 0. The van der Waals surface area contributed by atoms with Crippen LogP contribution in [0.5, 0.6) is 0 Å². The van der Waals surface area contributed by atoms with Gasteiger partial charge in [0.25, 0.3) is 0 Å². The summed E-state index contributed by atoms with van der Waals surface area (Å²) in [6, 6.07) is 0. The smallest absolute Gasteiger partial charge is 0.0878 e. The lowest BCUT2D eigenvalue weighted by atomic mass is 9.94. The fourth-order valence-corrected chi connectivity index (χ4v) is 3.32. The monoisotopic (exact) mass is 392 g/mol. The van der Waals surface area contributed by atoms with E-state index in [-0.39, 0.29) is 5.60 Å². The Bertz CT molecular complexity index is 412. The molecule has 1 heterocycles. The van der Waals surface area contributed by atoms with Gasteiger partial charge in [-0.05, 0) is 42.4 Å². The number of rotatable bonds is 6. The van der Waals surface area contributed by atoms with Gasteiger partial charge in [0.1, 0.15) is 0 Å². The summed E-state index contributed by atoms with van der Waals surface area (Å²) in [7, 11) is 1.73. The van der Waals surface area contributed by atoms with Crippen molar-refractivity contribution in [2.75, 3.05) is 20.3 Å². The van der Waals surface area contributed by atoms with E-state index in [0.29, 0.717) is 13.2 Å². The molecule has 1 aromatic heterocycles. The van der Waals surface area contributed by atoms with E-state index in [1.54, 1.807) is 7.11 Å². The number of halogens is 1. The molecule has 0 radical (unpaired) electrons. The molecule has 1 aliphatic rings. The molecule has 0 amide bonds. The van der Waals surface area contributed by atoms with Crippen molar-refractivity contribution in [2.24, 2.45) is 0 Å². The molecule has 20 heavy (non-hydrogen) atoms. The number of methoxy groups -OCH3 is 1. The van der Waals surface area contributed by atoms with Crippen LogP contribution >= 0.6 is 22.6 Å². The van der Waals surface area contributed by atoms with E-state index in [2.05, 4.69) is 39.3 Å². The van der Waals surface area contributed by atoms with Crippen LogP contribution in [0, 0.1) is 10.5 Å². The van der Waals surface area contributed by atoms with Crippen molar-refractivity contribution in [3.63, 3.8) is 0 Å². The highest BCUT2D eigenvalue weighted by Gasteiger charge is 2.33. The normalized spacial score (nSPS) is 18.9. The highest BCUT2D eigenvalue weighted by Crippen LogP contribution is 2.32. The Morgan fingerprint density at radius 1 is 1.25 bits per heavy atom.